The highest BCUT2D eigenvalue weighted by atomic mass is 19.4. The number of alkyl halides is 3. The van der Waals surface area contributed by atoms with E-state index in [9.17, 15) is 18.0 Å². The van der Waals surface area contributed by atoms with Gasteiger partial charge in [0.05, 0.1) is 29.2 Å². The Kier molecular flexibility index (Phi) is 4.77. The van der Waals surface area contributed by atoms with E-state index in [4.69, 9.17) is 0 Å². The number of aryl methyl sites for hydroxylation is 1. The van der Waals surface area contributed by atoms with E-state index in [1.807, 2.05) is 0 Å². The van der Waals surface area contributed by atoms with Crippen molar-refractivity contribution >= 4 is 11.6 Å². The number of amides is 1. The molecule has 23 heavy (non-hydrogen) atoms. The van der Waals surface area contributed by atoms with Gasteiger partial charge in [0.2, 0.25) is 5.91 Å². The third-order valence-electron chi connectivity index (χ3n) is 3.55. The molecule has 0 aliphatic rings. The Labute approximate surface area is 132 Å². The lowest BCUT2D eigenvalue weighted by Gasteiger charge is -2.10. The molecule has 0 unspecified atom stereocenters. The number of nitrogens with one attached hydrogen (secondary N) is 1. The van der Waals surface area contributed by atoms with Crippen molar-refractivity contribution in [3.05, 3.63) is 46.8 Å². The normalized spacial score (nSPS) is 11.6. The summed E-state index contributed by atoms with van der Waals surface area (Å²) >= 11 is 0. The highest BCUT2D eigenvalue weighted by Crippen LogP contribution is 2.30. The van der Waals surface area contributed by atoms with Gasteiger partial charge >= 0.3 is 6.18 Å². The molecule has 1 aromatic carbocycles. The molecule has 0 saturated heterocycles. The van der Waals surface area contributed by atoms with Crippen molar-refractivity contribution in [2.45, 2.75) is 39.9 Å². The zero-order chi connectivity index (χ0) is 17.2. The van der Waals surface area contributed by atoms with Crippen LogP contribution in [0.3, 0.4) is 0 Å². The van der Waals surface area contributed by atoms with E-state index >= 15 is 0 Å². The van der Waals surface area contributed by atoms with Gasteiger partial charge in [-0.2, -0.15) is 18.3 Å². The summed E-state index contributed by atoms with van der Waals surface area (Å²) in [6, 6.07) is 5.15. The van der Waals surface area contributed by atoms with Crippen LogP contribution in [-0.4, -0.2) is 15.7 Å². The molecule has 4 nitrogen and oxygen atoms in total. The fourth-order valence-corrected chi connectivity index (χ4v) is 2.28. The molecule has 0 aliphatic heterocycles. The summed E-state index contributed by atoms with van der Waals surface area (Å²) in [6.45, 7) is 5.48. The molecule has 0 atom stereocenters. The molecular formula is C16H18F3N3O. The van der Waals surface area contributed by atoms with Gasteiger partial charge in [-0.15, -0.1) is 0 Å². The Hall–Kier alpha value is -2.31. The van der Waals surface area contributed by atoms with Gasteiger partial charge in [0.15, 0.2) is 0 Å². The Balaban J connectivity index is 2.28. The average molecular weight is 325 g/mol. The van der Waals surface area contributed by atoms with E-state index < -0.39 is 11.7 Å². The van der Waals surface area contributed by atoms with Gasteiger partial charge in [0, 0.05) is 6.42 Å². The van der Waals surface area contributed by atoms with Crippen LogP contribution in [0.4, 0.5) is 18.9 Å². The molecule has 0 spiro atoms. The largest absolute Gasteiger partial charge is 0.416 e. The number of nitrogens with zero attached hydrogens (tertiary/aromatic N) is 2. The summed E-state index contributed by atoms with van der Waals surface area (Å²) in [5, 5.41) is 7.07. The molecular weight excluding hydrogens is 307 g/mol. The zero-order valence-corrected chi connectivity index (χ0v) is 13.2. The van der Waals surface area contributed by atoms with Gasteiger partial charge in [-0.05, 0) is 31.5 Å². The number of anilines is 1. The molecule has 7 heteroatoms. The number of carbonyl (C=O) groups excluding carboxylic acids is 1. The molecule has 0 bridgehead atoms. The Bertz CT molecular complexity index is 720. The van der Waals surface area contributed by atoms with Crippen molar-refractivity contribution in [3.8, 4) is 0 Å². The summed E-state index contributed by atoms with van der Waals surface area (Å²) in [4.78, 5) is 11.5. The summed E-state index contributed by atoms with van der Waals surface area (Å²) in [7, 11) is 0. The predicted molar refractivity (Wildman–Crippen MR) is 81.2 cm³/mol. The van der Waals surface area contributed by atoms with Crippen molar-refractivity contribution in [1.82, 2.24) is 9.78 Å². The molecule has 2 rings (SSSR count). The number of aromatic nitrogens is 2. The van der Waals surface area contributed by atoms with Crippen molar-refractivity contribution in [2.24, 2.45) is 0 Å². The number of carbonyl (C=O) groups is 1. The third kappa shape index (κ3) is 3.91. The van der Waals surface area contributed by atoms with Gasteiger partial charge < -0.3 is 5.32 Å². The van der Waals surface area contributed by atoms with Crippen molar-refractivity contribution < 1.29 is 18.0 Å². The quantitative estimate of drug-likeness (QED) is 0.926. The van der Waals surface area contributed by atoms with Gasteiger partial charge in [-0.25, -0.2) is 0 Å². The maximum Gasteiger partial charge on any atom is 0.416 e. The number of benzene rings is 1. The van der Waals surface area contributed by atoms with E-state index in [0.717, 1.165) is 12.1 Å². The first-order valence-corrected chi connectivity index (χ1v) is 7.22. The van der Waals surface area contributed by atoms with E-state index in [-0.39, 0.29) is 12.5 Å². The second-order valence-corrected chi connectivity index (χ2v) is 5.30. The SMILES string of the molecule is CCC(=O)Nc1c(C)nn(Cc2cccc(C(F)(F)F)c2)c1C. The second-order valence-electron chi connectivity index (χ2n) is 5.30. The molecule has 2 aromatic rings. The van der Waals surface area contributed by atoms with Gasteiger partial charge in [-0.1, -0.05) is 19.1 Å². The minimum absolute atomic E-state index is 0.130. The van der Waals surface area contributed by atoms with Crippen LogP contribution in [0, 0.1) is 13.8 Å². The van der Waals surface area contributed by atoms with Crippen LogP contribution in [0.5, 0.6) is 0 Å². The smallest absolute Gasteiger partial charge is 0.323 e. The third-order valence-corrected chi connectivity index (χ3v) is 3.55. The molecule has 0 radical (unpaired) electrons. The number of halogens is 3. The molecule has 1 amide bonds. The molecule has 0 saturated carbocycles. The zero-order valence-electron chi connectivity index (χ0n) is 13.2. The van der Waals surface area contributed by atoms with Crippen molar-refractivity contribution in [3.63, 3.8) is 0 Å². The van der Waals surface area contributed by atoms with Crippen LogP contribution in [0.15, 0.2) is 24.3 Å². The van der Waals surface area contributed by atoms with E-state index in [1.54, 1.807) is 31.5 Å². The lowest BCUT2D eigenvalue weighted by molar-refractivity contribution is -0.137. The first-order valence-electron chi connectivity index (χ1n) is 7.22. The standard InChI is InChI=1S/C16H18F3N3O/c1-4-14(23)20-15-10(2)21-22(11(15)3)9-12-6-5-7-13(8-12)16(17,18)19/h5-8H,4,9H2,1-3H3,(H,20,23). The Morgan fingerprint density at radius 2 is 2.00 bits per heavy atom. The number of rotatable bonds is 4. The van der Waals surface area contributed by atoms with Crippen LogP contribution in [-0.2, 0) is 17.5 Å². The summed E-state index contributed by atoms with van der Waals surface area (Å²) in [5.74, 6) is -0.130. The summed E-state index contributed by atoms with van der Waals surface area (Å²) in [5.41, 5.74) is 1.77. The predicted octanol–water partition coefficient (Wildman–Crippen LogP) is 3.92. The van der Waals surface area contributed by atoms with Crippen molar-refractivity contribution in [1.29, 1.82) is 0 Å². The maximum atomic E-state index is 12.8. The minimum Gasteiger partial charge on any atom is -0.323 e. The first kappa shape index (κ1) is 17.1. The number of hydrogen-bond donors (Lipinski definition) is 1. The van der Waals surface area contributed by atoms with E-state index in [0.29, 0.717) is 29.1 Å². The van der Waals surface area contributed by atoms with E-state index in [2.05, 4.69) is 10.4 Å². The Morgan fingerprint density at radius 1 is 1.30 bits per heavy atom. The van der Waals surface area contributed by atoms with Gasteiger partial charge in [0.1, 0.15) is 0 Å². The fourth-order valence-electron chi connectivity index (χ4n) is 2.28. The highest BCUT2D eigenvalue weighted by molar-refractivity contribution is 5.91. The molecule has 124 valence electrons. The molecule has 1 heterocycles. The van der Waals surface area contributed by atoms with Crippen LogP contribution < -0.4 is 5.32 Å². The van der Waals surface area contributed by atoms with Gasteiger partial charge in [0.25, 0.3) is 0 Å². The number of hydrogen-bond acceptors (Lipinski definition) is 2. The van der Waals surface area contributed by atoms with Crippen LogP contribution in [0.2, 0.25) is 0 Å². The minimum atomic E-state index is -4.37. The lowest BCUT2D eigenvalue weighted by Crippen LogP contribution is -2.11. The summed E-state index contributed by atoms with van der Waals surface area (Å²) < 4.78 is 39.9. The Morgan fingerprint density at radius 3 is 2.61 bits per heavy atom. The molecule has 0 aliphatic carbocycles. The summed E-state index contributed by atoms with van der Waals surface area (Å²) in [6.07, 6.45) is -4.02. The van der Waals surface area contributed by atoms with E-state index in [1.165, 1.54) is 6.07 Å². The van der Waals surface area contributed by atoms with Crippen LogP contribution in [0.1, 0.15) is 35.9 Å². The van der Waals surface area contributed by atoms with Crippen LogP contribution >= 0.6 is 0 Å². The van der Waals surface area contributed by atoms with Crippen LogP contribution in [0.25, 0.3) is 0 Å². The molecule has 1 N–H and O–H groups in total. The fraction of sp³-hybridized carbons (Fsp3) is 0.375. The lowest BCUT2D eigenvalue weighted by atomic mass is 10.1. The van der Waals surface area contributed by atoms with Crippen molar-refractivity contribution in [2.75, 3.05) is 5.32 Å². The first-order chi connectivity index (χ1) is 10.7. The molecule has 1 aromatic heterocycles. The topological polar surface area (TPSA) is 46.9 Å². The highest BCUT2D eigenvalue weighted by Gasteiger charge is 2.30. The second kappa shape index (κ2) is 6.44. The average Bonchev–Trinajstić information content (AvgIpc) is 2.74. The maximum absolute atomic E-state index is 12.8. The van der Waals surface area contributed by atoms with Gasteiger partial charge in [-0.3, -0.25) is 9.48 Å². The molecule has 0 fully saturated rings. The monoisotopic (exact) mass is 325 g/mol.